The highest BCUT2D eigenvalue weighted by Gasteiger charge is 2.53. The number of urea groups is 1. The number of nitrogens with two attached hydrogens (primary N) is 1. The number of hydrogen-bond donors (Lipinski definition) is 4. The first-order valence-electron chi connectivity index (χ1n) is 10.4. The van der Waals surface area contributed by atoms with E-state index in [0.29, 0.717) is 41.1 Å². The maximum absolute atomic E-state index is 13.4. The third-order valence-electron chi connectivity index (χ3n) is 7.02. The molecule has 2 unspecified atom stereocenters. The summed E-state index contributed by atoms with van der Waals surface area (Å²) in [6, 6.07) is 3.93. The van der Waals surface area contributed by atoms with Gasteiger partial charge in [0.05, 0.1) is 16.3 Å². The number of anilines is 2. The molecule has 2 saturated carbocycles. The lowest BCUT2D eigenvalue weighted by atomic mass is 9.90. The lowest BCUT2D eigenvalue weighted by molar-refractivity contribution is 0.102. The van der Waals surface area contributed by atoms with Crippen LogP contribution in [0.2, 0.25) is 5.02 Å². The van der Waals surface area contributed by atoms with E-state index in [1.54, 1.807) is 7.05 Å². The van der Waals surface area contributed by atoms with Crippen LogP contribution in [0.1, 0.15) is 47.7 Å². The molecule has 0 bridgehead atoms. The average Bonchev–Trinajstić information content (AvgIpc) is 3.42. The van der Waals surface area contributed by atoms with Crippen LogP contribution in [-0.2, 0) is 7.05 Å². The molecule has 2 atom stereocenters. The molecule has 1 aliphatic heterocycles. The van der Waals surface area contributed by atoms with Crippen LogP contribution < -0.4 is 21.7 Å². The average molecular weight is 447 g/mol. The molecular formula is C21H24ClFN6O2. The maximum Gasteiger partial charge on any atom is 0.315 e. The van der Waals surface area contributed by atoms with E-state index in [1.807, 2.05) is 0 Å². The van der Waals surface area contributed by atoms with Gasteiger partial charge in [0, 0.05) is 25.2 Å². The minimum absolute atomic E-state index is 0.0665. The summed E-state index contributed by atoms with van der Waals surface area (Å²) in [5.41, 5.74) is 7.51. The maximum atomic E-state index is 13.4. The van der Waals surface area contributed by atoms with Gasteiger partial charge < -0.3 is 21.7 Å². The molecule has 2 aliphatic carbocycles. The van der Waals surface area contributed by atoms with Crippen molar-refractivity contribution in [2.24, 2.45) is 18.9 Å². The smallest absolute Gasteiger partial charge is 0.315 e. The van der Waals surface area contributed by atoms with Crippen LogP contribution in [0.25, 0.3) is 0 Å². The number of amides is 3. The summed E-state index contributed by atoms with van der Waals surface area (Å²) in [7, 11) is 1.72. The number of aryl methyl sites for hydroxylation is 1. The second-order valence-electron chi connectivity index (χ2n) is 9.04. The fraction of sp³-hybridized carbons (Fsp3) is 0.476. The van der Waals surface area contributed by atoms with Crippen LogP contribution in [0.4, 0.5) is 20.7 Å². The highest BCUT2D eigenvalue weighted by molar-refractivity contribution is 6.31. The van der Waals surface area contributed by atoms with E-state index >= 15 is 0 Å². The first-order valence-corrected chi connectivity index (χ1v) is 10.8. The molecule has 3 fully saturated rings. The molecule has 1 aromatic heterocycles. The van der Waals surface area contributed by atoms with E-state index in [4.69, 9.17) is 17.3 Å². The quantitative estimate of drug-likeness (QED) is 0.580. The SMILES string of the molecule is Cn1nc(C2CC3CC4(CNC(=O)N4)CC3C2)c(C(=O)Nc2ccc(F)c(Cl)c2)c1N. The fourth-order valence-electron chi connectivity index (χ4n) is 5.69. The van der Waals surface area contributed by atoms with E-state index in [1.165, 1.54) is 22.9 Å². The Hall–Kier alpha value is -2.81. The number of fused-ring (bicyclic) bond motifs is 1. The number of benzene rings is 1. The summed E-state index contributed by atoms with van der Waals surface area (Å²) < 4.78 is 15.0. The highest BCUT2D eigenvalue weighted by atomic mass is 35.5. The van der Waals surface area contributed by atoms with Crippen LogP contribution in [0.3, 0.4) is 0 Å². The number of carbonyl (C=O) groups is 2. The van der Waals surface area contributed by atoms with E-state index in [-0.39, 0.29) is 28.4 Å². The number of nitrogens with zero attached hydrogens (tertiary/aromatic N) is 2. The first kappa shape index (κ1) is 20.1. The van der Waals surface area contributed by atoms with E-state index in [2.05, 4.69) is 21.0 Å². The third kappa shape index (κ3) is 3.40. The van der Waals surface area contributed by atoms with Gasteiger partial charge in [-0.1, -0.05) is 11.6 Å². The summed E-state index contributed by atoms with van der Waals surface area (Å²) in [6.07, 6.45) is 3.68. The second kappa shape index (κ2) is 7.12. The van der Waals surface area contributed by atoms with Crippen molar-refractivity contribution in [1.82, 2.24) is 20.4 Å². The van der Waals surface area contributed by atoms with Crippen LogP contribution in [-0.4, -0.2) is 33.8 Å². The Morgan fingerprint density at radius 1 is 1.35 bits per heavy atom. The minimum atomic E-state index is -0.551. The van der Waals surface area contributed by atoms with Gasteiger partial charge >= 0.3 is 6.03 Å². The van der Waals surface area contributed by atoms with Crippen molar-refractivity contribution in [3.05, 3.63) is 40.3 Å². The van der Waals surface area contributed by atoms with Gasteiger partial charge in [0.25, 0.3) is 5.91 Å². The molecule has 5 rings (SSSR count). The Bertz CT molecular complexity index is 1070. The highest BCUT2D eigenvalue weighted by Crippen LogP contribution is 2.54. The molecule has 3 amide bonds. The van der Waals surface area contributed by atoms with Crippen molar-refractivity contribution in [3.63, 3.8) is 0 Å². The first-order chi connectivity index (χ1) is 14.7. The molecule has 2 heterocycles. The summed E-state index contributed by atoms with van der Waals surface area (Å²) in [6.45, 7) is 0.675. The topological polar surface area (TPSA) is 114 Å². The van der Waals surface area contributed by atoms with Gasteiger partial charge in [-0.05, 0) is 55.7 Å². The van der Waals surface area contributed by atoms with Crippen molar-refractivity contribution in [1.29, 1.82) is 0 Å². The largest absolute Gasteiger partial charge is 0.383 e. The zero-order valence-corrected chi connectivity index (χ0v) is 17.8. The molecule has 31 heavy (non-hydrogen) atoms. The standard InChI is InChI=1S/C21H24ClFN6O2/c1-29-18(24)16(19(30)26-13-2-3-15(23)14(22)6-13)17(28-29)10-4-11-7-21(8-12(11)5-10)9-25-20(31)27-21/h2-3,6,10-12H,4-5,7-9,24H2,1H3,(H,26,30)(H2,25,27,31). The lowest BCUT2D eigenvalue weighted by Gasteiger charge is -2.23. The molecule has 10 heteroatoms. The Balaban J connectivity index is 1.36. The van der Waals surface area contributed by atoms with E-state index in [9.17, 15) is 14.0 Å². The van der Waals surface area contributed by atoms with Crippen molar-refractivity contribution in [2.45, 2.75) is 37.1 Å². The van der Waals surface area contributed by atoms with Crippen LogP contribution in [0.5, 0.6) is 0 Å². The number of nitrogens with one attached hydrogen (secondary N) is 3. The predicted octanol–water partition coefficient (Wildman–Crippen LogP) is 3.00. The lowest BCUT2D eigenvalue weighted by Crippen LogP contribution is -2.41. The van der Waals surface area contributed by atoms with Gasteiger partial charge in [-0.3, -0.25) is 9.48 Å². The summed E-state index contributed by atoms with van der Waals surface area (Å²) in [5.74, 6) is 0.426. The Morgan fingerprint density at radius 3 is 2.68 bits per heavy atom. The number of nitrogen functional groups attached to an aromatic ring is 1. The summed E-state index contributed by atoms with van der Waals surface area (Å²) in [4.78, 5) is 24.7. The molecule has 1 spiro atoms. The summed E-state index contributed by atoms with van der Waals surface area (Å²) >= 11 is 5.83. The fourth-order valence-corrected chi connectivity index (χ4v) is 5.87. The summed E-state index contributed by atoms with van der Waals surface area (Å²) in [5, 5.41) is 13.3. The van der Waals surface area contributed by atoms with Crippen molar-refractivity contribution >= 4 is 35.0 Å². The number of hydrogen-bond acceptors (Lipinski definition) is 4. The van der Waals surface area contributed by atoms with E-state index < -0.39 is 5.82 Å². The van der Waals surface area contributed by atoms with Gasteiger partial charge in [0.1, 0.15) is 17.2 Å². The predicted molar refractivity (Wildman–Crippen MR) is 114 cm³/mol. The number of carbonyl (C=O) groups excluding carboxylic acids is 2. The molecule has 2 aromatic rings. The molecule has 164 valence electrons. The van der Waals surface area contributed by atoms with Crippen molar-refractivity contribution < 1.29 is 14.0 Å². The molecular weight excluding hydrogens is 423 g/mol. The minimum Gasteiger partial charge on any atom is -0.383 e. The molecule has 0 radical (unpaired) electrons. The zero-order chi connectivity index (χ0) is 21.9. The van der Waals surface area contributed by atoms with Gasteiger partial charge in [-0.25, -0.2) is 9.18 Å². The van der Waals surface area contributed by atoms with Gasteiger partial charge in [0.15, 0.2) is 0 Å². The van der Waals surface area contributed by atoms with Crippen LogP contribution >= 0.6 is 11.6 Å². The second-order valence-corrected chi connectivity index (χ2v) is 9.44. The van der Waals surface area contributed by atoms with Gasteiger partial charge in [-0.15, -0.1) is 0 Å². The Kier molecular flexibility index (Phi) is 4.62. The van der Waals surface area contributed by atoms with Gasteiger partial charge in [-0.2, -0.15) is 5.10 Å². The molecule has 1 saturated heterocycles. The Labute approximate surface area is 183 Å². The molecule has 5 N–H and O–H groups in total. The van der Waals surface area contributed by atoms with Crippen molar-refractivity contribution in [3.8, 4) is 0 Å². The zero-order valence-electron chi connectivity index (χ0n) is 17.0. The third-order valence-corrected chi connectivity index (χ3v) is 7.31. The van der Waals surface area contributed by atoms with Crippen molar-refractivity contribution in [2.75, 3.05) is 17.6 Å². The normalized spacial score (nSPS) is 29.1. The Morgan fingerprint density at radius 2 is 2.06 bits per heavy atom. The molecule has 3 aliphatic rings. The van der Waals surface area contributed by atoms with Gasteiger partial charge in [0.2, 0.25) is 0 Å². The van der Waals surface area contributed by atoms with Crippen LogP contribution in [0.15, 0.2) is 18.2 Å². The number of aromatic nitrogens is 2. The van der Waals surface area contributed by atoms with E-state index in [0.717, 1.165) is 25.7 Å². The molecule has 1 aromatic carbocycles. The molecule has 8 nitrogen and oxygen atoms in total. The monoisotopic (exact) mass is 446 g/mol. The number of rotatable bonds is 3. The number of halogens is 2. The van der Waals surface area contributed by atoms with Crippen LogP contribution in [0, 0.1) is 17.7 Å².